The van der Waals surface area contributed by atoms with Crippen molar-refractivity contribution in [2.75, 3.05) is 0 Å². The van der Waals surface area contributed by atoms with E-state index in [4.69, 9.17) is 5.73 Å². The van der Waals surface area contributed by atoms with Crippen molar-refractivity contribution in [3.05, 3.63) is 18.0 Å². The number of hydrogen-bond donors (Lipinski definition) is 3. The van der Waals surface area contributed by atoms with E-state index in [0.29, 0.717) is 6.54 Å². The molecule has 0 aromatic carbocycles. The van der Waals surface area contributed by atoms with E-state index in [-0.39, 0.29) is 5.91 Å². The van der Waals surface area contributed by atoms with Gasteiger partial charge in [0.25, 0.3) is 0 Å². The van der Waals surface area contributed by atoms with E-state index >= 15 is 0 Å². The molecule has 0 unspecified atom stereocenters. The maximum absolute atomic E-state index is 11.0. The highest BCUT2D eigenvalue weighted by atomic mass is 16.2. The number of nitrogens with two attached hydrogens (primary N) is 1. The lowest BCUT2D eigenvalue weighted by atomic mass is 10.3. The van der Waals surface area contributed by atoms with Gasteiger partial charge in [-0.25, -0.2) is 0 Å². The van der Waals surface area contributed by atoms with Crippen LogP contribution in [0, 0.1) is 0 Å². The Bertz CT molecular complexity index is 242. The summed E-state index contributed by atoms with van der Waals surface area (Å²) in [7, 11) is 0. The van der Waals surface area contributed by atoms with E-state index < -0.39 is 6.04 Å². The summed E-state index contributed by atoms with van der Waals surface area (Å²) in [6.45, 7) is 2.11. The summed E-state index contributed by atoms with van der Waals surface area (Å²) in [5.74, 6) is -0.156. The van der Waals surface area contributed by atoms with Crippen molar-refractivity contribution in [3.8, 4) is 0 Å². The standard InChI is InChI=1S/C7H12N4O/c1-5(8)7(12)9-2-6-3-10-11-4-6/h3-5H,2,8H2,1H3,(H,9,12)(H,10,11)/t5-/m1/s1. The Balaban J connectivity index is 2.32. The molecular weight excluding hydrogens is 156 g/mol. The zero-order valence-electron chi connectivity index (χ0n) is 6.87. The average molecular weight is 168 g/mol. The highest BCUT2D eigenvalue weighted by Crippen LogP contribution is 1.91. The van der Waals surface area contributed by atoms with Crippen LogP contribution in [0.5, 0.6) is 0 Å². The first-order chi connectivity index (χ1) is 5.70. The molecule has 5 heteroatoms. The minimum Gasteiger partial charge on any atom is -0.351 e. The summed E-state index contributed by atoms with van der Waals surface area (Å²) < 4.78 is 0. The van der Waals surface area contributed by atoms with Crippen LogP contribution in [0.3, 0.4) is 0 Å². The summed E-state index contributed by atoms with van der Waals surface area (Å²) >= 11 is 0. The summed E-state index contributed by atoms with van der Waals surface area (Å²) in [6, 6.07) is -0.461. The smallest absolute Gasteiger partial charge is 0.236 e. The minimum atomic E-state index is -0.461. The van der Waals surface area contributed by atoms with E-state index in [0.717, 1.165) is 5.56 Å². The van der Waals surface area contributed by atoms with Crippen LogP contribution < -0.4 is 11.1 Å². The second-order valence-electron chi connectivity index (χ2n) is 2.61. The number of carbonyl (C=O) groups is 1. The van der Waals surface area contributed by atoms with Crippen LogP contribution in [0.2, 0.25) is 0 Å². The highest BCUT2D eigenvalue weighted by Gasteiger charge is 2.05. The largest absolute Gasteiger partial charge is 0.351 e. The number of H-pyrrole nitrogens is 1. The van der Waals surface area contributed by atoms with Gasteiger partial charge in [0.15, 0.2) is 0 Å². The van der Waals surface area contributed by atoms with Gasteiger partial charge in [-0.2, -0.15) is 5.10 Å². The van der Waals surface area contributed by atoms with Gasteiger partial charge < -0.3 is 11.1 Å². The molecule has 0 bridgehead atoms. The number of aromatic amines is 1. The van der Waals surface area contributed by atoms with Crippen molar-refractivity contribution < 1.29 is 4.79 Å². The molecule has 12 heavy (non-hydrogen) atoms. The summed E-state index contributed by atoms with van der Waals surface area (Å²) in [5, 5.41) is 9.05. The maximum Gasteiger partial charge on any atom is 0.236 e. The Kier molecular flexibility index (Phi) is 2.82. The molecule has 0 aliphatic rings. The minimum absolute atomic E-state index is 0.156. The number of aromatic nitrogens is 2. The predicted octanol–water partition coefficient (Wildman–Crippen LogP) is -0.627. The lowest BCUT2D eigenvalue weighted by Gasteiger charge is -2.05. The third-order valence-corrected chi connectivity index (χ3v) is 1.44. The van der Waals surface area contributed by atoms with Gasteiger partial charge in [-0.15, -0.1) is 0 Å². The van der Waals surface area contributed by atoms with Crippen LogP contribution >= 0.6 is 0 Å². The molecule has 4 N–H and O–H groups in total. The molecule has 0 saturated carbocycles. The second kappa shape index (κ2) is 3.87. The first-order valence-electron chi connectivity index (χ1n) is 3.71. The normalized spacial score (nSPS) is 12.5. The maximum atomic E-state index is 11.0. The Morgan fingerprint density at radius 3 is 3.17 bits per heavy atom. The van der Waals surface area contributed by atoms with Crippen molar-refractivity contribution in [3.63, 3.8) is 0 Å². The van der Waals surface area contributed by atoms with Crippen molar-refractivity contribution in [1.82, 2.24) is 15.5 Å². The summed E-state index contributed by atoms with van der Waals surface area (Å²) in [5.41, 5.74) is 6.27. The number of hydrogen-bond acceptors (Lipinski definition) is 3. The molecule has 0 aliphatic carbocycles. The number of carbonyl (C=O) groups excluding carboxylic acids is 1. The second-order valence-corrected chi connectivity index (χ2v) is 2.61. The number of nitrogens with zero attached hydrogens (tertiary/aromatic N) is 1. The Morgan fingerprint density at radius 1 is 1.92 bits per heavy atom. The zero-order valence-corrected chi connectivity index (χ0v) is 6.87. The van der Waals surface area contributed by atoms with Gasteiger partial charge in [-0.05, 0) is 6.92 Å². The predicted molar refractivity (Wildman–Crippen MR) is 44.1 cm³/mol. The van der Waals surface area contributed by atoms with Gasteiger partial charge in [0, 0.05) is 18.3 Å². The summed E-state index contributed by atoms with van der Waals surface area (Å²) in [4.78, 5) is 11.0. The third-order valence-electron chi connectivity index (χ3n) is 1.44. The molecule has 1 rings (SSSR count). The van der Waals surface area contributed by atoms with Gasteiger partial charge >= 0.3 is 0 Å². The Morgan fingerprint density at radius 2 is 2.67 bits per heavy atom. The van der Waals surface area contributed by atoms with Crippen LogP contribution in [0.25, 0.3) is 0 Å². The Labute approximate surface area is 70.3 Å². The van der Waals surface area contributed by atoms with E-state index in [1.807, 2.05) is 0 Å². The van der Waals surface area contributed by atoms with Crippen molar-refractivity contribution in [2.45, 2.75) is 19.5 Å². The number of amides is 1. The number of nitrogens with one attached hydrogen (secondary N) is 2. The molecule has 1 atom stereocenters. The fourth-order valence-electron chi connectivity index (χ4n) is 0.724. The fraction of sp³-hybridized carbons (Fsp3) is 0.429. The van der Waals surface area contributed by atoms with E-state index in [1.165, 1.54) is 0 Å². The molecule has 1 aromatic rings. The molecule has 1 aromatic heterocycles. The van der Waals surface area contributed by atoms with Crippen molar-refractivity contribution in [1.29, 1.82) is 0 Å². The molecule has 0 fully saturated rings. The van der Waals surface area contributed by atoms with Crippen molar-refractivity contribution >= 4 is 5.91 Å². The summed E-state index contributed by atoms with van der Waals surface area (Å²) in [6.07, 6.45) is 3.38. The fourth-order valence-corrected chi connectivity index (χ4v) is 0.724. The monoisotopic (exact) mass is 168 g/mol. The van der Waals surface area contributed by atoms with Gasteiger partial charge in [-0.3, -0.25) is 9.89 Å². The molecule has 0 radical (unpaired) electrons. The molecule has 1 heterocycles. The zero-order chi connectivity index (χ0) is 8.97. The quantitative estimate of drug-likeness (QED) is 0.562. The SMILES string of the molecule is C[C@@H](N)C(=O)NCc1cn[nH]c1. The van der Waals surface area contributed by atoms with Gasteiger partial charge in [-0.1, -0.05) is 0 Å². The lowest BCUT2D eigenvalue weighted by molar-refractivity contribution is -0.122. The van der Waals surface area contributed by atoms with Gasteiger partial charge in [0.1, 0.15) is 0 Å². The molecular formula is C7H12N4O. The first kappa shape index (κ1) is 8.73. The first-order valence-corrected chi connectivity index (χ1v) is 3.71. The van der Waals surface area contributed by atoms with E-state index in [2.05, 4.69) is 15.5 Å². The molecule has 0 saturated heterocycles. The third kappa shape index (κ3) is 2.35. The molecule has 0 aliphatic heterocycles. The number of rotatable bonds is 3. The van der Waals surface area contributed by atoms with Gasteiger partial charge in [0.05, 0.1) is 12.2 Å². The van der Waals surface area contributed by atoms with Gasteiger partial charge in [0.2, 0.25) is 5.91 Å². The average Bonchev–Trinajstić information content (AvgIpc) is 2.51. The Hall–Kier alpha value is -1.36. The topological polar surface area (TPSA) is 83.8 Å². The van der Waals surface area contributed by atoms with Crippen LogP contribution in [-0.2, 0) is 11.3 Å². The van der Waals surface area contributed by atoms with Crippen LogP contribution in [0.15, 0.2) is 12.4 Å². The van der Waals surface area contributed by atoms with Crippen molar-refractivity contribution in [2.24, 2.45) is 5.73 Å². The van der Waals surface area contributed by atoms with Crippen LogP contribution in [-0.4, -0.2) is 22.1 Å². The van der Waals surface area contributed by atoms with Crippen LogP contribution in [0.4, 0.5) is 0 Å². The van der Waals surface area contributed by atoms with E-state index in [1.54, 1.807) is 19.3 Å². The molecule has 0 spiro atoms. The van der Waals surface area contributed by atoms with E-state index in [9.17, 15) is 4.79 Å². The lowest BCUT2D eigenvalue weighted by Crippen LogP contribution is -2.37. The molecule has 66 valence electrons. The molecule has 5 nitrogen and oxygen atoms in total. The molecule has 1 amide bonds. The highest BCUT2D eigenvalue weighted by molar-refractivity contribution is 5.80. The van der Waals surface area contributed by atoms with Crippen LogP contribution in [0.1, 0.15) is 12.5 Å².